The summed E-state index contributed by atoms with van der Waals surface area (Å²) in [6.45, 7) is 0. The van der Waals surface area contributed by atoms with Crippen LogP contribution in [0.4, 0.5) is 0 Å². The largest absolute Gasteiger partial charge is 1.00 e. The zero-order valence-corrected chi connectivity index (χ0v) is 18.1. The quantitative estimate of drug-likeness (QED) is 0.244. The van der Waals surface area contributed by atoms with Crippen LogP contribution in [0.25, 0.3) is 0 Å². The number of hydrogen-bond donors (Lipinski definition) is 6. The van der Waals surface area contributed by atoms with Gasteiger partial charge in [0.1, 0.15) is 36.6 Å². The topological polar surface area (TPSA) is 121 Å². The molecule has 10 heteroatoms. The maximum absolute atomic E-state index is 8.97. The molecule has 0 aromatic rings. The Hall–Kier alpha value is 3.76. The zero-order chi connectivity index (χ0) is 9.46. The van der Waals surface area contributed by atoms with Gasteiger partial charge in [0.25, 0.3) is 0 Å². The van der Waals surface area contributed by atoms with Crippen molar-refractivity contribution in [2.45, 2.75) is 36.6 Å². The molecule has 1 saturated carbocycles. The summed E-state index contributed by atoms with van der Waals surface area (Å²) in [6.07, 6.45) is -9.84. The Balaban J connectivity index is -0.0000000300. The number of hydrogen-bond acceptors (Lipinski definition) is 6. The van der Waals surface area contributed by atoms with Crippen molar-refractivity contribution in [2.24, 2.45) is 0 Å². The molecule has 1 fully saturated rings. The Bertz CT molecular complexity index is 131. The van der Waals surface area contributed by atoms with E-state index in [9.17, 15) is 0 Å². The Labute approximate surface area is 188 Å². The Morgan fingerprint density at radius 2 is 0.438 bits per heavy atom. The number of aliphatic hydroxyl groups is 6. The molecule has 16 heavy (non-hydrogen) atoms. The standard InChI is InChI=1S/C6H12O6.4Na.4H/c7-1-2(8)4(10)6(12)5(11)3(1)9;;;;;;;;/h1-12H;;;;;;;;/q;4*+1;4*-1. The monoisotopic (exact) mass is 276 g/mol. The first-order valence-electron chi connectivity index (χ1n) is 3.55. The third kappa shape index (κ3) is 6.47. The van der Waals surface area contributed by atoms with E-state index in [2.05, 4.69) is 0 Å². The van der Waals surface area contributed by atoms with Gasteiger partial charge < -0.3 is 36.3 Å². The van der Waals surface area contributed by atoms with E-state index in [1.807, 2.05) is 0 Å². The molecule has 0 heterocycles. The number of aliphatic hydroxyl groups excluding tert-OH is 6. The molecule has 6 N–H and O–H groups in total. The van der Waals surface area contributed by atoms with E-state index >= 15 is 0 Å². The molecule has 1 rings (SSSR count). The fourth-order valence-corrected chi connectivity index (χ4v) is 1.21. The van der Waals surface area contributed by atoms with Gasteiger partial charge in [0.05, 0.1) is 0 Å². The first kappa shape index (κ1) is 28.0. The fraction of sp³-hybridized carbons (Fsp3) is 1.00. The summed E-state index contributed by atoms with van der Waals surface area (Å²) < 4.78 is 0. The van der Waals surface area contributed by atoms with Crippen molar-refractivity contribution < 1.29 is 155 Å². The SMILES string of the molecule is OC1C(O)C(O)C(O)C(O)C1O.[H-].[H-].[H-].[H-].[Na+].[Na+].[Na+].[Na+]. The first-order valence-corrected chi connectivity index (χ1v) is 3.55. The fourth-order valence-electron chi connectivity index (χ4n) is 1.21. The second kappa shape index (κ2) is 12.5. The summed E-state index contributed by atoms with van der Waals surface area (Å²) in [5, 5.41) is 53.8. The van der Waals surface area contributed by atoms with Gasteiger partial charge in [0.15, 0.2) is 0 Å². The molecule has 0 amide bonds. The van der Waals surface area contributed by atoms with Gasteiger partial charge in [-0.05, 0) is 0 Å². The summed E-state index contributed by atoms with van der Waals surface area (Å²) in [7, 11) is 0. The maximum Gasteiger partial charge on any atom is 1.00 e. The van der Waals surface area contributed by atoms with Gasteiger partial charge >= 0.3 is 118 Å². The number of rotatable bonds is 0. The molecule has 0 bridgehead atoms. The minimum absolute atomic E-state index is 0. The van der Waals surface area contributed by atoms with E-state index in [1.165, 1.54) is 0 Å². The van der Waals surface area contributed by atoms with E-state index in [1.54, 1.807) is 0 Å². The predicted molar refractivity (Wildman–Crippen MR) is 40.5 cm³/mol. The molecule has 0 aromatic heterocycles. The zero-order valence-electron chi connectivity index (χ0n) is 14.1. The molecule has 0 atom stereocenters. The molecule has 0 unspecified atom stereocenters. The van der Waals surface area contributed by atoms with E-state index < -0.39 is 36.6 Å². The van der Waals surface area contributed by atoms with Crippen LogP contribution < -0.4 is 118 Å². The van der Waals surface area contributed by atoms with E-state index in [0.29, 0.717) is 0 Å². The molecule has 0 saturated heterocycles. The van der Waals surface area contributed by atoms with Crippen molar-refractivity contribution in [3.05, 3.63) is 0 Å². The third-order valence-corrected chi connectivity index (χ3v) is 2.10. The van der Waals surface area contributed by atoms with Crippen LogP contribution in [0.15, 0.2) is 0 Å². The molecule has 0 radical (unpaired) electrons. The second-order valence-electron chi connectivity index (χ2n) is 2.94. The van der Waals surface area contributed by atoms with Crippen LogP contribution in [0.5, 0.6) is 0 Å². The molecule has 1 aliphatic carbocycles. The van der Waals surface area contributed by atoms with Crippen LogP contribution in [-0.2, 0) is 0 Å². The van der Waals surface area contributed by atoms with Crippen LogP contribution >= 0.6 is 0 Å². The van der Waals surface area contributed by atoms with Gasteiger partial charge in [-0.1, -0.05) is 0 Å². The first-order chi connectivity index (χ1) is 5.46. The van der Waals surface area contributed by atoms with E-state index in [-0.39, 0.29) is 124 Å². The second-order valence-corrected chi connectivity index (χ2v) is 2.94. The minimum Gasteiger partial charge on any atom is -1.00 e. The predicted octanol–water partition coefficient (Wildman–Crippen LogP) is -15.4. The van der Waals surface area contributed by atoms with E-state index in [0.717, 1.165) is 0 Å². The van der Waals surface area contributed by atoms with Gasteiger partial charge in [-0.25, -0.2) is 0 Å². The summed E-state index contributed by atoms with van der Waals surface area (Å²) in [5.41, 5.74) is 0. The van der Waals surface area contributed by atoms with Gasteiger partial charge in [0.2, 0.25) is 0 Å². The van der Waals surface area contributed by atoms with Crippen molar-refractivity contribution in [1.29, 1.82) is 0 Å². The third-order valence-electron chi connectivity index (χ3n) is 2.10. The molecule has 1 aliphatic rings. The van der Waals surface area contributed by atoms with Crippen molar-refractivity contribution in [3.63, 3.8) is 0 Å². The van der Waals surface area contributed by atoms with E-state index in [4.69, 9.17) is 30.6 Å². The average Bonchev–Trinajstić information content (AvgIpc) is 2.08. The van der Waals surface area contributed by atoms with Crippen molar-refractivity contribution in [1.82, 2.24) is 0 Å². The van der Waals surface area contributed by atoms with Gasteiger partial charge in [0, 0.05) is 0 Å². The molecule has 0 aliphatic heterocycles. The minimum atomic E-state index is -1.64. The van der Waals surface area contributed by atoms with Gasteiger partial charge in [-0.3, -0.25) is 0 Å². The summed E-state index contributed by atoms with van der Waals surface area (Å²) in [5.74, 6) is 0. The van der Waals surface area contributed by atoms with Crippen LogP contribution in [-0.4, -0.2) is 67.3 Å². The average molecular weight is 276 g/mol. The summed E-state index contributed by atoms with van der Waals surface area (Å²) in [6, 6.07) is 0. The Kier molecular flexibility index (Phi) is 21.9. The van der Waals surface area contributed by atoms with Crippen molar-refractivity contribution in [2.75, 3.05) is 0 Å². The van der Waals surface area contributed by atoms with Gasteiger partial charge in [-0.2, -0.15) is 0 Å². The molecular weight excluding hydrogens is 260 g/mol. The van der Waals surface area contributed by atoms with Crippen LogP contribution in [0.3, 0.4) is 0 Å². The molecule has 80 valence electrons. The normalized spacial score (nSPS) is 41.6. The van der Waals surface area contributed by atoms with Gasteiger partial charge in [-0.15, -0.1) is 0 Å². The summed E-state index contributed by atoms with van der Waals surface area (Å²) >= 11 is 0. The maximum atomic E-state index is 8.97. The van der Waals surface area contributed by atoms with Crippen LogP contribution in [0.1, 0.15) is 5.71 Å². The van der Waals surface area contributed by atoms with Crippen molar-refractivity contribution >= 4 is 0 Å². The smallest absolute Gasteiger partial charge is 1.00 e. The molecule has 6 nitrogen and oxygen atoms in total. The van der Waals surface area contributed by atoms with Crippen molar-refractivity contribution in [3.8, 4) is 0 Å². The molecule has 0 aromatic carbocycles. The van der Waals surface area contributed by atoms with Crippen LogP contribution in [0, 0.1) is 0 Å². The summed E-state index contributed by atoms with van der Waals surface area (Å²) in [4.78, 5) is 0. The Morgan fingerprint density at radius 1 is 0.375 bits per heavy atom. The van der Waals surface area contributed by atoms with Crippen LogP contribution in [0.2, 0.25) is 0 Å². The molecular formula is C6H16Na4O6. The molecule has 0 spiro atoms. The Morgan fingerprint density at radius 3 is 0.500 bits per heavy atom.